The zero-order valence-corrected chi connectivity index (χ0v) is 10.3. The summed E-state index contributed by atoms with van der Waals surface area (Å²) >= 11 is 5.90. The lowest BCUT2D eigenvalue weighted by atomic mass is 9.86. The summed E-state index contributed by atoms with van der Waals surface area (Å²) in [5, 5.41) is 4.75. The summed E-state index contributed by atoms with van der Waals surface area (Å²) in [6.45, 7) is 2.27. The zero-order chi connectivity index (χ0) is 11.5. The average molecular weight is 241 g/mol. The van der Waals surface area contributed by atoms with Gasteiger partial charge in [0.25, 0.3) is 0 Å². The van der Waals surface area contributed by atoms with Crippen molar-refractivity contribution in [2.45, 2.75) is 45.6 Å². The Bertz CT molecular complexity index is 380. The molecule has 0 saturated heterocycles. The summed E-state index contributed by atoms with van der Waals surface area (Å²) in [5.74, 6) is 0.554. The van der Waals surface area contributed by atoms with Crippen molar-refractivity contribution >= 4 is 17.4 Å². The number of carbonyl (C=O) groups excluding carboxylic acids is 1. The number of nitrogens with zero attached hydrogens (tertiary/aromatic N) is 2. The lowest BCUT2D eigenvalue weighted by Gasteiger charge is -2.20. The van der Waals surface area contributed by atoms with Gasteiger partial charge in [0, 0.05) is 5.92 Å². The van der Waals surface area contributed by atoms with E-state index in [0.29, 0.717) is 17.4 Å². The van der Waals surface area contributed by atoms with Crippen LogP contribution >= 0.6 is 11.6 Å². The molecule has 0 amide bonds. The third kappa shape index (κ3) is 2.46. The number of Topliss-reactive ketones (excluding diaryl/α,β-unsaturated/α-hetero) is 1. The average Bonchev–Trinajstić information content (AvgIpc) is 2.62. The topological polar surface area (TPSA) is 34.9 Å². The van der Waals surface area contributed by atoms with E-state index in [1.165, 1.54) is 19.3 Å². The first-order valence-corrected chi connectivity index (χ1v) is 6.27. The molecule has 16 heavy (non-hydrogen) atoms. The molecule has 1 heterocycles. The van der Waals surface area contributed by atoms with Crippen molar-refractivity contribution in [3.05, 3.63) is 16.9 Å². The largest absolute Gasteiger partial charge is 0.297 e. The van der Waals surface area contributed by atoms with Gasteiger partial charge in [-0.2, -0.15) is 5.10 Å². The summed E-state index contributed by atoms with van der Waals surface area (Å²) in [4.78, 5) is 12.0. The highest BCUT2D eigenvalue weighted by Gasteiger charge is 2.21. The zero-order valence-electron chi connectivity index (χ0n) is 9.58. The SMILES string of the molecule is Cc1c(Cl)cnn1CC(=O)C1CCCCC1. The number of hydrogen-bond acceptors (Lipinski definition) is 2. The summed E-state index contributed by atoms with van der Waals surface area (Å²) in [6, 6.07) is 0. The molecular weight excluding hydrogens is 224 g/mol. The van der Waals surface area contributed by atoms with E-state index in [1.54, 1.807) is 10.9 Å². The summed E-state index contributed by atoms with van der Waals surface area (Å²) in [6.07, 6.45) is 7.35. The van der Waals surface area contributed by atoms with Crippen LogP contribution in [0.1, 0.15) is 37.8 Å². The van der Waals surface area contributed by atoms with Gasteiger partial charge in [0.15, 0.2) is 5.78 Å². The van der Waals surface area contributed by atoms with E-state index < -0.39 is 0 Å². The second-order valence-corrected chi connectivity index (χ2v) is 4.94. The molecule has 0 spiro atoms. The van der Waals surface area contributed by atoms with Gasteiger partial charge in [-0.25, -0.2) is 0 Å². The third-order valence-electron chi connectivity index (χ3n) is 3.41. The van der Waals surface area contributed by atoms with Crippen LogP contribution in [0.25, 0.3) is 0 Å². The molecule has 0 aromatic carbocycles. The highest BCUT2D eigenvalue weighted by Crippen LogP contribution is 2.25. The lowest BCUT2D eigenvalue weighted by Crippen LogP contribution is -2.23. The Hall–Kier alpha value is -0.830. The summed E-state index contributed by atoms with van der Waals surface area (Å²) in [7, 11) is 0. The Morgan fingerprint density at radius 2 is 2.19 bits per heavy atom. The standard InChI is InChI=1S/C12H17ClN2O/c1-9-11(13)7-14-15(9)8-12(16)10-5-3-2-4-6-10/h7,10H,2-6,8H2,1H3. The number of ketones is 1. The predicted molar refractivity (Wildman–Crippen MR) is 63.6 cm³/mol. The smallest absolute Gasteiger partial charge is 0.157 e. The van der Waals surface area contributed by atoms with Gasteiger partial charge in [0.2, 0.25) is 0 Å². The quantitative estimate of drug-likeness (QED) is 0.814. The van der Waals surface area contributed by atoms with Crippen molar-refractivity contribution in [1.29, 1.82) is 0 Å². The number of rotatable bonds is 3. The molecule has 2 rings (SSSR count). The fraction of sp³-hybridized carbons (Fsp3) is 0.667. The molecule has 1 aromatic rings. The Kier molecular flexibility index (Phi) is 3.64. The van der Waals surface area contributed by atoms with Crippen LogP contribution in [0, 0.1) is 12.8 Å². The second-order valence-electron chi connectivity index (χ2n) is 4.54. The molecule has 3 nitrogen and oxygen atoms in total. The van der Waals surface area contributed by atoms with Crippen LogP contribution in [0.5, 0.6) is 0 Å². The lowest BCUT2D eigenvalue weighted by molar-refractivity contribution is -0.124. The second kappa shape index (κ2) is 5.00. The van der Waals surface area contributed by atoms with E-state index in [1.807, 2.05) is 6.92 Å². The first-order valence-electron chi connectivity index (χ1n) is 5.89. The normalized spacial score (nSPS) is 17.6. The predicted octanol–water partition coefficient (Wildman–Crippen LogP) is 2.99. The van der Waals surface area contributed by atoms with Crippen LogP contribution in [0.15, 0.2) is 6.20 Å². The van der Waals surface area contributed by atoms with Crippen molar-refractivity contribution in [1.82, 2.24) is 9.78 Å². The number of hydrogen-bond donors (Lipinski definition) is 0. The van der Waals surface area contributed by atoms with E-state index in [-0.39, 0.29) is 5.92 Å². The van der Waals surface area contributed by atoms with Crippen LogP contribution in [0.4, 0.5) is 0 Å². The van der Waals surface area contributed by atoms with Gasteiger partial charge >= 0.3 is 0 Å². The van der Waals surface area contributed by atoms with Crippen molar-refractivity contribution in [3.63, 3.8) is 0 Å². The van der Waals surface area contributed by atoms with Crippen LogP contribution in [-0.2, 0) is 11.3 Å². The molecule has 4 heteroatoms. The van der Waals surface area contributed by atoms with E-state index >= 15 is 0 Å². The first kappa shape index (κ1) is 11.6. The van der Waals surface area contributed by atoms with Crippen molar-refractivity contribution < 1.29 is 4.79 Å². The fourth-order valence-electron chi connectivity index (χ4n) is 2.28. The monoisotopic (exact) mass is 240 g/mol. The maximum Gasteiger partial charge on any atom is 0.157 e. The third-order valence-corrected chi connectivity index (χ3v) is 3.78. The maximum atomic E-state index is 12.0. The van der Waals surface area contributed by atoms with Gasteiger partial charge in [-0.1, -0.05) is 30.9 Å². The van der Waals surface area contributed by atoms with Gasteiger partial charge in [-0.05, 0) is 19.8 Å². The molecule has 0 N–H and O–H groups in total. The molecule has 1 aliphatic rings. The molecule has 1 aromatic heterocycles. The molecule has 0 aliphatic heterocycles. The number of aromatic nitrogens is 2. The van der Waals surface area contributed by atoms with Crippen LogP contribution < -0.4 is 0 Å². The van der Waals surface area contributed by atoms with Crippen molar-refractivity contribution in [2.75, 3.05) is 0 Å². The van der Waals surface area contributed by atoms with Gasteiger partial charge in [-0.15, -0.1) is 0 Å². The fourth-order valence-corrected chi connectivity index (χ4v) is 2.43. The van der Waals surface area contributed by atoms with Gasteiger partial charge < -0.3 is 0 Å². The number of carbonyl (C=O) groups is 1. The molecule has 0 unspecified atom stereocenters. The minimum absolute atomic E-state index is 0.246. The van der Waals surface area contributed by atoms with Crippen molar-refractivity contribution in [3.8, 4) is 0 Å². The van der Waals surface area contributed by atoms with E-state index in [9.17, 15) is 4.79 Å². The van der Waals surface area contributed by atoms with Crippen LogP contribution in [-0.4, -0.2) is 15.6 Å². The molecule has 0 radical (unpaired) electrons. The Balaban J connectivity index is 1.98. The Labute approximate surface area is 101 Å². The van der Waals surface area contributed by atoms with Crippen molar-refractivity contribution in [2.24, 2.45) is 5.92 Å². The van der Waals surface area contributed by atoms with Crippen LogP contribution in [0.3, 0.4) is 0 Å². The van der Waals surface area contributed by atoms with E-state index in [4.69, 9.17) is 11.6 Å². The Morgan fingerprint density at radius 3 is 2.75 bits per heavy atom. The number of halogens is 1. The van der Waals surface area contributed by atoms with Gasteiger partial charge in [0.05, 0.1) is 16.9 Å². The maximum absolute atomic E-state index is 12.0. The van der Waals surface area contributed by atoms with E-state index in [0.717, 1.165) is 18.5 Å². The highest BCUT2D eigenvalue weighted by atomic mass is 35.5. The van der Waals surface area contributed by atoms with Gasteiger partial charge in [-0.3, -0.25) is 9.48 Å². The Morgan fingerprint density at radius 1 is 1.50 bits per heavy atom. The molecule has 0 atom stereocenters. The molecule has 1 aliphatic carbocycles. The molecular formula is C12H17ClN2O. The van der Waals surface area contributed by atoms with Crippen LogP contribution in [0.2, 0.25) is 5.02 Å². The summed E-state index contributed by atoms with van der Waals surface area (Å²) in [5.41, 5.74) is 0.880. The molecule has 1 fully saturated rings. The molecule has 88 valence electrons. The van der Waals surface area contributed by atoms with E-state index in [2.05, 4.69) is 5.10 Å². The minimum Gasteiger partial charge on any atom is -0.297 e. The summed E-state index contributed by atoms with van der Waals surface area (Å²) < 4.78 is 1.71. The minimum atomic E-state index is 0.246. The molecule has 1 saturated carbocycles. The van der Waals surface area contributed by atoms with Gasteiger partial charge in [0.1, 0.15) is 6.54 Å². The molecule has 0 bridgehead atoms. The highest BCUT2D eigenvalue weighted by molar-refractivity contribution is 6.31. The first-order chi connectivity index (χ1) is 7.68.